The fourth-order valence-corrected chi connectivity index (χ4v) is 3.42. The smallest absolute Gasteiger partial charge is 0.244 e. The van der Waals surface area contributed by atoms with E-state index in [0.29, 0.717) is 12.1 Å². The second kappa shape index (κ2) is 6.74. The van der Waals surface area contributed by atoms with Crippen LogP contribution in [-0.2, 0) is 14.6 Å². The maximum absolute atomic E-state index is 12.2. The number of amides is 1. The van der Waals surface area contributed by atoms with Gasteiger partial charge in [-0.25, -0.2) is 8.42 Å². The molecule has 0 spiro atoms. The molecule has 6 heteroatoms. The number of hydrogen-bond acceptors (Lipinski definition) is 4. The number of benzene rings is 1. The number of nitrogens with one attached hydrogen (secondary N) is 1. The van der Waals surface area contributed by atoms with Crippen LogP contribution in [-0.4, -0.2) is 45.1 Å². The standard InChI is InChI=1S/C14H22N2O3S/c1-5-10-20(18,19)13-9-7-6-8-12(13)15-11(2)14(17)16(3)4/h6-9,11,15H,5,10H2,1-4H3. The summed E-state index contributed by atoms with van der Waals surface area (Å²) in [4.78, 5) is 13.6. The molecule has 0 aliphatic rings. The first-order valence-electron chi connectivity index (χ1n) is 6.59. The number of rotatable bonds is 6. The van der Waals surface area contributed by atoms with Crippen LogP contribution in [0.2, 0.25) is 0 Å². The molecule has 5 nitrogen and oxygen atoms in total. The van der Waals surface area contributed by atoms with Crippen molar-refractivity contribution in [1.82, 2.24) is 4.90 Å². The molecule has 1 rings (SSSR count). The quantitative estimate of drug-likeness (QED) is 0.869. The molecule has 0 aliphatic heterocycles. The van der Waals surface area contributed by atoms with Gasteiger partial charge in [0, 0.05) is 14.1 Å². The predicted octanol–water partition coefficient (Wildman–Crippen LogP) is 1.76. The monoisotopic (exact) mass is 298 g/mol. The average molecular weight is 298 g/mol. The zero-order chi connectivity index (χ0) is 15.3. The summed E-state index contributed by atoms with van der Waals surface area (Å²) < 4.78 is 24.4. The van der Waals surface area contributed by atoms with Crippen LogP contribution >= 0.6 is 0 Å². The maximum atomic E-state index is 12.2. The zero-order valence-electron chi connectivity index (χ0n) is 12.4. The molecule has 0 bridgehead atoms. The molecule has 1 amide bonds. The minimum atomic E-state index is -3.32. The SMILES string of the molecule is CCCS(=O)(=O)c1ccccc1NC(C)C(=O)N(C)C. The highest BCUT2D eigenvalue weighted by molar-refractivity contribution is 7.91. The summed E-state index contributed by atoms with van der Waals surface area (Å²) in [6.45, 7) is 3.54. The van der Waals surface area contributed by atoms with E-state index in [1.807, 2.05) is 6.92 Å². The van der Waals surface area contributed by atoms with Crippen LogP contribution in [0, 0.1) is 0 Å². The number of anilines is 1. The molecule has 1 aromatic rings. The topological polar surface area (TPSA) is 66.5 Å². The van der Waals surface area contributed by atoms with Crippen molar-refractivity contribution in [1.29, 1.82) is 0 Å². The van der Waals surface area contributed by atoms with Crippen LogP contribution in [0.1, 0.15) is 20.3 Å². The van der Waals surface area contributed by atoms with Crippen molar-refractivity contribution >= 4 is 21.4 Å². The molecule has 0 radical (unpaired) electrons. The van der Waals surface area contributed by atoms with Gasteiger partial charge in [-0.1, -0.05) is 19.1 Å². The van der Waals surface area contributed by atoms with E-state index < -0.39 is 15.9 Å². The van der Waals surface area contributed by atoms with Gasteiger partial charge in [0.2, 0.25) is 5.91 Å². The van der Waals surface area contributed by atoms with Crippen molar-refractivity contribution in [2.24, 2.45) is 0 Å². The lowest BCUT2D eigenvalue weighted by Gasteiger charge is -2.20. The van der Waals surface area contributed by atoms with Crippen molar-refractivity contribution in [3.8, 4) is 0 Å². The van der Waals surface area contributed by atoms with Crippen molar-refractivity contribution in [2.45, 2.75) is 31.2 Å². The molecule has 1 atom stereocenters. The highest BCUT2D eigenvalue weighted by Crippen LogP contribution is 2.23. The highest BCUT2D eigenvalue weighted by Gasteiger charge is 2.21. The Labute approximate surface area is 120 Å². The highest BCUT2D eigenvalue weighted by atomic mass is 32.2. The fraction of sp³-hybridized carbons (Fsp3) is 0.500. The first-order chi connectivity index (χ1) is 9.29. The third-order valence-electron chi connectivity index (χ3n) is 2.88. The fourth-order valence-electron chi connectivity index (χ4n) is 1.92. The summed E-state index contributed by atoms with van der Waals surface area (Å²) in [6.07, 6.45) is 0.558. The molecule has 1 unspecified atom stereocenters. The maximum Gasteiger partial charge on any atom is 0.244 e. The largest absolute Gasteiger partial charge is 0.373 e. The van der Waals surface area contributed by atoms with Gasteiger partial charge in [-0.3, -0.25) is 4.79 Å². The van der Waals surface area contributed by atoms with Gasteiger partial charge in [-0.15, -0.1) is 0 Å². The van der Waals surface area contributed by atoms with Crippen molar-refractivity contribution < 1.29 is 13.2 Å². The number of hydrogen-bond donors (Lipinski definition) is 1. The van der Waals surface area contributed by atoms with Gasteiger partial charge in [0.15, 0.2) is 9.84 Å². The zero-order valence-corrected chi connectivity index (χ0v) is 13.2. The van der Waals surface area contributed by atoms with Crippen molar-refractivity contribution in [2.75, 3.05) is 25.2 Å². The number of sulfone groups is 1. The minimum Gasteiger partial charge on any atom is -0.373 e. The molecule has 0 saturated carbocycles. The van der Waals surface area contributed by atoms with Crippen LogP contribution in [0.25, 0.3) is 0 Å². The lowest BCUT2D eigenvalue weighted by atomic mass is 10.2. The molecular weight excluding hydrogens is 276 g/mol. The van der Waals surface area contributed by atoms with Gasteiger partial charge in [0.05, 0.1) is 16.3 Å². The second-order valence-corrected chi connectivity index (χ2v) is 6.99. The Hall–Kier alpha value is -1.56. The van der Waals surface area contributed by atoms with Crippen molar-refractivity contribution in [3.05, 3.63) is 24.3 Å². The Morgan fingerprint density at radius 1 is 1.30 bits per heavy atom. The first kappa shape index (κ1) is 16.5. The molecule has 20 heavy (non-hydrogen) atoms. The van der Waals surface area contributed by atoms with Gasteiger partial charge >= 0.3 is 0 Å². The van der Waals surface area contributed by atoms with Crippen molar-refractivity contribution in [3.63, 3.8) is 0 Å². The van der Waals surface area contributed by atoms with Gasteiger partial charge < -0.3 is 10.2 Å². The summed E-state index contributed by atoms with van der Waals surface area (Å²) in [5.74, 6) is -0.00508. The van der Waals surface area contributed by atoms with Gasteiger partial charge in [0.25, 0.3) is 0 Å². The molecule has 0 aromatic heterocycles. The van der Waals surface area contributed by atoms with Crippen LogP contribution in [0.15, 0.2) is 29.2 Å². The normalized spacial score (nSPS) is 12.8. The molecule has 0 heterocycles. The van der Waals surface area contributed by atoms with E-state index in [-0.39, 0.29) is 16.6 Å². The summed E-state index contributed by atoms with van der Waals surface area (Å²) >= 11 is 0. The van der Waals surface area contributed by atoms with E-state index in [2.05, 4.69) is 5.32 Å². The molecule has 1 aromatic carbocycles. The molecule has 112 valence electrons. The molecule has 0 saturated heterocycles. The van der Waals surface area contributed by atoms with Crippen LogP contribution < -0.4 is 5.32 Å². The lowest BCUT2D eigenvalue weighted by Crippen LogP contribution is -2.37. The minimum absolute atomic E-state index is 0.0989. The van der Waals surface area contributed by atoms with E-state index in [1.165, 1.54) is 4.90 Å². The summed E-state index contributed by atoms with van der Waals surface area (Å²) in [6, 6.07) is 6.21. The molecule has 0 aliphatic carbocycles. The van der Waals surface area contributed by atoms with Gasteiger partial charge in [-0.2, -0.15) is 0 Å². The Morgan fingerprint density at radius 2 is 1.90 bits per heavy atom. The van der Waals surface area contributed by atoms with E-state index >= 15 is 0 Å². The average Bonchev–Trinajstić information content (AvgIpc) is 2.38. The summed E-state index contributed by atoms with van der Waals surface area (Å²) in [7, 11) is 0.0138. The molecule has 1 N–H and O–H groups in total. The Kier molecular flexibility index (Phi) is 5.56. The Balaban J connectivity index is 3.06. The first-order valence-corrected chi connectivity index (χ1v) is 8.24. The third kappa shape index (κ3) is 3.96. The third-order valence-corrected chi connectivity index (χ3v) is 4.85. The number of likely N-dealkylation sites (N-methyl/N-ethyl adjacent to an activating group) is 1. The van der Waals surface area contributed by atoms with E-state index in [9.17, 15) is 13.2 Å². The lowest BCUT2D eigenvalue weighted by molar-refractivity contribution is -0.129. The van der Waals surface area contributed by atoms with Crippen LogP contribution in [0.3, 0.4) is 0 Å². The van der Waals surface area contributed by atoms with Gasteiger partial charge in [0.1, 0.15) is 6.04 Å². The van der Waals surface area contributed by atoms with E-state index in [0.717, 1.165) is 0 Å². The van der Waals surface area contributed by atoms with E-state index in [4.69, 9.17) is 0 Å². The predicted molar refractivity (Wildman–Crippen MR) is 80.6 cm³/mol. The van der Waals surface area contributed by atoms with E-state index in [1.54, 1.807) is 45.3 Å². The molecular formula is C14H22N2O3S. The summed E-state index contributed by atoms with van der Waals surface area (Å²) in [5, 5.41) is 2.99. The number of nitrogens with zero attached hydrogens (tertiary/aromatic N) is 1. The number of para-hydroxylation sites is 1. The second-order valence-electron chi connectivity index (χ2n) is 4.91. The molecule has 0 fully saturated rings. The van der Waals surface area contributed by atoms with Crippen LogP contribution in [0.5, 0.6) is 0 Å². The Bertz CT molecular complexity index is 568. The van der Waals surface area contributed by atoms with Gasteiger partial charge in [-0.05, 0) is 25.5 Å². The number of carbonyl (C=O) groups is 1. The number of carbonyl (C=O) groups excluding carboxylic acids is 1. The Morgan fingerprint density at radius 3 is 2.45 bits per heavy atom. The van der Waals surface area contributed by atoms with Crippen LogP contribution in [0.4, 0.5) is 5.69 Å². The summed E-state index contributed by atoms with van der Waals surface area (Å²) in [5.41, 5.74) is 0.476.